The zero-order valence-corrected chi connectivity index (χ0v) is 21.9. The lowest BCUT2D eigenvalue weighted by atomic mass is 10.1. The van der Waals surface area contributed by atoms with E-state index in [1.54, 1.807) is 20.8 Å². The van der Waals surface area contributed by atoms with Crippen LogP contribution in [0.4, 0.5) is 18.0 Å². The van der Waals surface area contributed by atoms with E-state index in [4.69, 9.17) is 16.3 Å². The second-order valence-corrected chi connectivity index (χ2v) is 9.41. The standard InChI is InChI=1S/C22H25ClF3N5O3.C2H6/c1-12-5-6-17(31(12)20(33)34-21(2,3)4)18(32)28-8-13-7-16(27-11-15(13)23)14-9-29-19(30-10-14)22(24,25)26;1-2/h7,9-12,17H,5-6,8H2,1-4H3,(H,28,32);1-2H3. The quantitative estimate of drug-likeness (QED) is 0.550. The van der Waals surface area contributed by atoms with Gasteiger partial charge in [-0.1, -0.05) is 25.4 Å². The molecule has 1 N–H and O–H groups in total. The van der Waals surface area contributed by atoms with Crippen molar-refractivity contribution in [2.24, 2.45) is 0 Å². The maximum Gasteiger partial charge on any atom is 0.451 e. The number of hydrogen-bond donors (Lipinski definition) is 1. The molecule has 12 heteroatoms. The number of nitrogens with zero attached hydrogens (tertiary/aromatic N) is 4. The van der Waals surface area contributed by atoms with E-state index >= 15 is 0 Å². The van der Waals surface area contributed by atoms with Crippen LogP contribution >= 0.6 is 11.6 Å². The number of pyridine rings is 1. The van der Waals surface area contributed by atoms with Crippen molar-refractivity contribution in [3.05, 3.63) is 41.1 Å². The van der Waals surface area contributed by atoms with Crippen LogP contribution in [-0.4, -0.2) is 49.5 Å². The lowest BCUT2D eigenvalue weighted by Crippen LogP contribution is -2.49. The van der Waals surface area contributed by atoms with Gasteiger partial charge in [0.2, 0.25) is 11.7 Å². The van der Waals surface area contributed by atoms with Gasteiger partial charge in [-0.2, -0.15) is 13.2 Å². The first-order valence-corrected chi connectivity index (χ1v) is 12.0. The van der Waals surface area contributed by atoms with Crippen molar-refractivity contribution < 1.29 is 27.5 Å². The molecular weight excluding hydrogens is 499 g/mol. The number of aromatic nitrogens is 3. The molecule has 2 amide bonds. The van der Waals surface area contributed by atoms with E-state index in [-0.39, 0.29) is 29.1 Å². The lowest BCUT2D eigenvalue weighted by molar-refractivity contribution is -0.145. The first-order chi connectivity index (χ1) is 16.8. The molecule has 2 aromatic rings. The monoisotopic (exact) mass is 529 g/mol. The van der Waals surface area contributed by atoms with Gasteiger partial charge in [0, 0.05) is 36.7 Å². The van der Waals surface area contributed by atoms with E-state index in [0.717, 1.165) is 12.4 Å². The Morgan fingerprint density at radius 1 is 1.11 bits per heavy atom. The highest BCUT2D eigenvalue weighted by atomic mass is 35.5. The number of amides is 2. The van der Waals surface area contributed by atoms with Crippen LogP contribution in [0.25, 0.3) is 11.3 Å². The minimum absolute atomic E-state index is 0.0295. The molecule has 1 aliphatic heterocycles. The highest BCUT2D eigenvalue weighted by molar-refractivity contribution is 6.31. The van der Waals surface area contributed by atoms with Gasteiger partial charge in [-0.25, -0.2) is 14.8 Å². The zero-order valence-electron chi connectivity index (χ0n) is 21.1. The fourth-order valence-corrected chi connectivity index (χ4v) is 3.71. The Hall–Kier alpha value is -2.95. The van der Waals surface area contributed by atoms with E-state index < -0.39 is 29.7 Å². The Balaban J connectivity index is 0.00000222. The fraction of sp³-hybridized carbons (Fsp3) is 0.542. The summed E-state index contributed by atoms with van der Waals surface area (Å²) < 4.78 is 43.5. The second kappa shape index (κ2) is 11.9. The lowest BCUT2D eigenvalue weighted by Gasteiger charge is -2.30. The van der Waals surface area contributed by atoms with Crippen LogP contribution in [-0.2, 0) is 22.3 Å². The molecule has 1 fully saturated rings. The summed E-state index contributed by atoms with van der Waals surface area (Å²) in [7, 11) is 0. The van der Waals surface area contributed by atoms with E-state index in [0.29, 0.717) is 24.1 Å². The number of halogens is 4. The molecule has 0 saturated carbocycles. The number of rotatable bonds is 4. The van der Waals surface area contributed by atoms with Crippen LogP contribution in [0.5, 0.6) is 0 Å². The van der Waals surface area contributed by atoms with Gasteiger partial charge in [0.1, 0.15) is 11.6 Å². The third-order valence-corrected chi connectivity index (χ3v) is 5.50. The normalized spacial score (nSPS) is 17.8. The first-order valence-electron chi connectivity index (χ1n) is 11.6. The summed E-state index contributed by atoms with van der Waals surface area (Å²) in [6.45, 7) is 11.2. The van der Waals surface area contributed by atoms with Crippen molar-refractivity contribution in [1.82, 2.24) is 25.2 Å². The van der Waals surface area contributed by atoms with Gasteiger partial charge in [-0.3, -0.25) is 14.7 Å². The summed E-state index contributed by atoms with van der Waals surface area (Å²) in [5.74, 6) is -1.61. The molecule has 0 aliphatic carbocycles. The van der Waals surface area contributed by atoms with Gasteiger partial charge in [-0.15, -0.1) is 0 Å². The topological polar surface area (TPSA) is 97.3 Å². The Bertz CT molecular complexity index is 1060. The number of hydrogen-bond acceptors (Lipinski definition) is 6. The smallest absolute Gasteiger partial charge is 0.444 e. The van der Waals surface area contributed by atoms with Crippen molar-refractivity contribution >= 4 is 23.6 Å². The van der Waals surface area contributed by atoms with Crippen LogP contribution in [0.3, 0.4) is 0 Å². The highest BCUT2D eigenvalue weighted by Crippen LogP contribution is 2.29. The van der Waals surface area contributed by atoms with E-state index in [1.807, 2.05) is 20.8 Å². The number of nitrogens with one attached hydrogen (secondary N) is 1. The average molecular weight is 530 g/mol. The molecule has 3 rings (SSSR count). The summed E-state index contributed by atoms with van der Waals surface area (Å²) in [5, 5.41) is 3.04. The first kappa shape index (κ1) is 29.3. The van der Waals surface area contributed by atoms with Crippen molar-refractivity contribution in [3.63, 3.8) is 0 Å². The third-order valence-electron chi connectivity index (χ3n) is 5.16. The number of carbonyl (C=O) groups is 2. The molecule has 8 nitrogen and oxygen atoms in total. The summed E-state index contributed by atoms with van der Waals surface area (Å²) in [6.07, 6.45) is -0.674. The average Bonchev–Trinajstić information content (AvgIpc) is 3.20. The second-order valence-electron chi connectivity index (χ2n) is 9.00. The van der Waals surface area contributed by atoms with Gasteiger partial charge < -0.3 is 10.1 Å². The Labute approximate surface area is 213 Å². The minimum atomic E-state index is -4.65. The van der Waals surface area contributed by atoms with Crippen molar-refractivity contribution in [3.8, 4) is 11.3 Å². The summed E-state index contributed by atoms with van der Waals surface area (Å²) in [4.78, 5) is 37.7. The van der Waals surface area contributed by atoms with Crippen molar-refractivity contribution in [2.75, 3.05) is 0 Å². The van der Waals surface area contributed by atoms with Crippen molar-refractivity contribution in [2.45, 2.75) is 84.8 Å². The van der Waals surface area contributed by atoms with Crippen LogP contribution in [0.15, 0.2) is 24.7 Å². The molecule has 2 aromatic heterocycles. The maximum absolute atomic E-state index is 12.9. The molecule has 0 aromatic carbocycles. The molecule has 2 unspecified atom stereocenters. The molecule has 2 atom stereocenters. The van der Waals surface area contributed by atoms with Gasteiger partial charge >= 0.3 is 12.3 Å². The summed E-state index contributed by atoms with van der Waals surface area (Å²) in [6, 6.07) is 0.701. The van der Waals surface area contributed by atoms with Gasteiger partial charge in [0.15, 0.2) is 0 Å². The van der Waals surface area contributed by atoms with Crippen LogP contribution in [0.2, 0.25) is 5.02 Å². The van der Waals surface area contributed by atoms with Crippen LogP contribution in [0.1, 0.15) is 65.8 Å². The van der Waals surface area contributed by atoms with Crippen molar-refractivity contribution in [1.29, 1.82) is 0 Å². The number of likely N-dealkylation sites (tertiary alicyclic amines) is 1. The van der Waals surface area contributed by atoms with Crippen LogP contribution < -0.4 is 5.32 Å². The molecule has 0 spiro atoms. The van der Waals surface area contributed by atoms with E-state index in [2.05, 4.69) is 20.3 Å². The Kier molecular flexibility index (Phi) is 9.64. The molecule has 1 saturated heterocycles. The molecule has 3 heterocycles. The Morgan fingerprint density at radius 2 is 1.72 bits per heavy atom. The number of ether oxygens (including phenoxy) is 1. The fourth-order valence-electron chi connectivity index (χ4n) is 3.54. The van der Waals surface area contributed by atoms with Gasteiger partial charge in [0.25, 0.3) is 0 Å². The molecule has 0 radical (unpaired) electrons. The molecular formula is C24H31ClF3N5O3. The SMILES string of the molecule is CC.CC1CCC(C(=O)NCc2cc(-c3cnc(C(F)(F)F)nc3)ncc2Cl)N1C(=O)OC(C)(C)C. The van der Waals surface area contributed by atoms with E-state index in [1.165, 1.54) is 17.2 Å². The number of carbonyl (C=O) groups excluding carboxylic acids is 2. The molecule has 36 heavy (non-hydrogen) atoms. The largest absolute Gasteiger partial charge is 0.451 e. The Morgan fingerprint density at radius 3 is 2.28 bits per heavy atom. The maximum atomic E-state index is 12.9. The summed E-state index contributed by atoms with van der Waals surface area (Å²) >= 11 is 6.21. The predicted octanol–water partition coefficient (Wildman–Crippen LogP) is 5.64. The molecule has 1 aliphatic rings. The number of alkyl halides is 3. The van der Waals surface area contributed by atoms with Gasteiger partial charge in [-0.05, 0) is 52.2 Å². The van der Waals surface area contributed by atoms with Crippen LogP contribution in [0, 0.1) is 0 Å². The van der Waals surface area contributed by atoms with Gasteiger partial charge in [0.05, 0.1) is 10.7 Å². The molecule has 198 valence electrons. The third kappa shape index (κ3) is 7.52. The predicted molar refractivity (Wildman–Crippen MR) is 129 cm³/mol. The summed E-state index contributed by atoms with van der Waals surface area (Å²) in [5.41, 5.74) is 0.364. The van der Waals surface area contributed by atoms with E-state index in [9.17, 15) is 22.8 Å². The highest BCUT2D eigenvalue weighted by Gasteiger charge is 2.41. The minimum Gasteiger partial charge on any atom is -0.444 e. The zero-order chi connectivity index (χ0) is 27.3. The molecule has 0 bridgehead atoms.